The third-order valence-electron chi connectivity index (χ3n) is 4.39. The summed E-state index contributed by atoms with van der Waals surface area (Å²) in [6.45, 7) is 4.29. The summed E-state index contributed by atoms with van der Waals surface area (Å²) in [5.41, 5.74) is 17.2. The van der Waals surface area contributed by atoms with Crippen molar-refractivity contribution in [3.8, 4) is 0 Å². The van der Waals surface area contributed by atoms with Gasteiger partial charge in [-0.2, -0.15) is 0 Å². The minimum absolute atomic E-state index is 0.529. The monoisotopic (exact) mass is 320 g/mol. The lowest BCUT2D eigenvalue weighted by Crippen LogP contribution is -2.37. The van der Waals surface area contributed by atoms with E-state index in [0.717, 1.165) is 24.2 Å². The van der Waals surface area contributed by atoms with Gasteiger partial charge in [0.15, 0.2) is 0 Å². The van der Waals surface area contributed by atoms with Crippen LogP contribution in [0.15, 0.2) is 72.6 Å². The maximum atomic E-state index is 6.30. The molecule has 0 unspecified atom stereocenters. The van der Waals surface area contributed by atoms with Crippen molar-refractivity contribution >= 4 is 11.4 Å². The molecule has 2 aromatic carbocycles. The molecule has 4 N–H and O–H groups in total. The summed E-state index contributed by atoms with van der Waals surface area (Å²) in [5.74, 6) is 1.06. The molecular formula is C20H24N4. The standard InChI is InChI=1S/C20H24N4/c1-3-15-5-9-17(10-6-15)23-13-14-24(20(22)19(23)21)18-11-7-16(4-2)8-12-18/h5-14H,3-4,21-22H2,1-2H3. The summed E-state index contributed by atoms with van der Waals surface area (Å²) in [4.78, 5) is 3.82. The van der Waals surface area contributed by atoms with Crippen LogP contribution in [0.25, 0.3) is 0 Å². The van der Waals surface area contributed by atoms with E-state index in [1.54, 1.807) is 0 Å². The summed E-state index contributed by atoms with van der Waals surface area (Å²) < 4.78 is 0. The molecule has 3 rings (SSSR count). The molecule has 124 valence electrons. The second-order valence-corrected chi connectivity index (χ2v) is 5.85. The van der Waals surface area contributed by atoms with E-state index < -0.39 is 0 Å². The van der Waals surface area contributed by atoms with Crippen molar-refractivity contribution in [2.75, 3.05) is 9.80 Å². The van der Waals surface area contributed by atoms with E-state index in [9.17, 15) is 0 Å². The summed E-state index contributed by atoms with van der Waals surface area (Å²) in [6.07, 6.45) is 5.93. The van der Waals surface area contributed by atoms with Gasteiger partial charge in [0.05, 0.1) is 0 Å². The first kappa shape index (κ1) is 16.0. The minimum Gasteiger partial charge on any atom is -0.382 e. The smallest absolute Gasteiger partial charge is 0.149 e. The van der Waals surface area contributed by atoms with E-state index in [1.807, 2.05) is 22.2 Å². The van der Waals surface area contributed by atoms with Gasteiger partial charge in [0.1, 0.15) is 11.6 Å². The number of benzene rings is 2. The number of rotatable bonds is 4. The van der Waals surface area contributed by atoms with Crippen LogP contribution in [0.2, 0.25) is 0 Å². The first-order chi connectivity index (χ1) is 11.6. The normalized spacial score (nSPS) is 14.4. The van der Waals surface area contributed by atoms with Crippen LogP contribution in [0.4, 0.5) is 11.4 Å². The molecule has 0 aromatic heterocycles. The van der Waals surface area contributed by atoms with Gasteiger partial charge in [0.2, 0.25) is 0 Å². The fourth-order valence-corrected chi connectivity index (χ4v) is 2.78. The number of nitrogens with two attached hydrogens (primary N) is 2. The highest BCUT2D eigenvalue weighted by molar-refractivity contribution is 5.64. The third-order valence-corrected chi connectivity index (χ3v) is 4.39. The Morgan fingerprint density at radius 1 is 0.625 bits per heavy atom. The average Bonchev–Trinajstić information content (AvgIpc) is 2.64. The summed E-state index contributed by atoms with van der Waals surface area (Å²) in [6, 6.07) is 16.7. The van der Waals surface area contributed by atoms with Crippen LogP contribution in [0.5, 0.6) is 0 Å². The van der Waals surface area contributed by atoms with Gasteiger partial charge in [-0.05, 0) is 48.2 Å². The molecule has 0 saturated heterocycles. The fraction of sp³-hybridized carbons (Fsp3) is 0.200. The highest BCUT2D eigenvalue weighted by Gasteiger charge is 2.20. The van der Waals surface area contributed by atoms with Crippen LogP contribution in [0.3, 0.4) is 0 Å². The Bertz CT molecular complexity index is 692. The minimum atomic E-state index is 0.529. The van der Waals surface area contributed by atoms with Gasteiger partial charge >= 0.3 is 0 Å². The molecule has 24 heavy (non-hydrogen) atoms. The van der Waals surface area contributed by atoms with Gasteiger partial charge in [-0.15, -0.1) is 0 Å². The average molecular weight is 320 g/mol. The summed E-state index contributed by atoms with van der Waals surface area (Å²) >= 11 is 0. The topological polar surface area (TPSA) is 58.5 Å². The van der Waals surface area contributed by atoms with Gasteiger partial charge in [-0.25, -0.2) is 0 Å². The lowest BCUT2D eigenvalue weighted by molar-refractivity contribution is 0.953. The number of anilines is 2. The molecular weight excluding hydrogens is 296 g/mol. The molecule has 4 heteroatoms. The zero-order valence-electron chi connectivity index (χ0n) is 14.2. The molecule has 0 aliphatic carbocycles. The molecule has 0 amide bonds. The summed E-state index contributed by atoms with van der Waals surface area (Å²) in [7, 11) is 0. The van der Waals surface area contributed by atoms with E-state index in [4.69, 9.17) is 11.5 Å². The molecule has 2 aromatic rings. The van der Waals surface area contributed by atoms with Crippen LogP contribution >= 0.6 is 0 Å². The number of aryl methyl sites for hydroxylation is 2. The molecule has 0 atom stereocenters. The van der Waals surface area contributed by atoms with Crippen LogP contribution < -0.4 is 21.3 Å². The number of hydrogen-bond acceptors (Lipinski definition) is 4. The summed E-state index contributed by atoms with van der Waals surface area (Å²) in [5, 5.41) is 0. The zero-order chi connectivity index (χ0) is 17.1. The Morgan fingerprint density at radius 3 is 1.25 bits per heavy atom. The Kier molecular flexibility index (Phi) is 4.47. The highest BCUT2D eigenvalue weighted by atomic mass is 15.3. The van der Waals surface area contributed by atoms with Crippen LogP contribution in [-0.4, -0.2) is 0 Å². The van der Waals surface area contributed by atoms with Crippen molar-refractivity contribution in [2.24, 2.45) is 11.5 Å². The lowest BCUT2D eigenvalue weighted by atomic mass is 10.1. The van der Waals surface area contributed by atoms with E-state index in [1.165, 1.54) is 11.1 Å². The molecule has 0 saturated carbocycles. The van der Waals surface area contributed by atoms with Crippen molar-refractivity contribution in [1.29, 1.82) is 0 Å². The number of nitrogens with zero attached hydrogens (tertiary/aromatic N) is 2. The molecule has 0 fully saturated rings. The SMILES string of the molecule is CCc1ccc(N2C=CN(c3ccc(CC)cc3)C(N)=C2N)cc1. The van der Waals surface area contributed by atoms with Crippen LogP contribution in [0, 0.1) is 0 Å². The second-order valence-electron chi connectivity index (χ2n) is 5.85. The van der Waals surface area contributed by atoms with E-state index in [2.05, 4.69) is 62.4 Å². The molecule has 0 bridgehead atoms. The van der Waals surface area contributed by atoms with Crippen molar-refractivity contribution in [1.82, 2.24) is 0 Å². The maximum Gasteiger partial charge on any atom is 0.149 e. The Hall–Kier alpha value is -2.88. The fourth-order valence-electron chi connectivity index (χ4n) is 2.78. The molecule has 0 radical (unpaired) electrons. The highest BCUT2D eigenvalue weighted by Crippen LogP contribution is 2.27. The van der Waals surface area contributed by atoms with Crippen molar-refractivity contribution in [2.45, 2.75) is 26.7 Å². The largest absolute Gasteiger partial charge is 0.382 e. The lowest BCUT2D eigenvalue weighted by Gasteiger charge is -2.32. The van der Waals surface area contributed by atoms with Crippen molar-refractivity contribution in [3.05, 3.63) is 83.7 Å². The number of hydrogen-bond donors (Lipinski definition) is 2. The molecule has 1 aliphatic heterocycles. The van der Waals surface area contributed by atoms with E-state index >= 15 is 0 Å². The van der Waals surface area contributed by atoms with Crippen LogP contribution in [0.1, 0.15) is 25.0 Å². The first-order valence-electron chi connectivity index (χ1n) is 8.34. The van der Waals surface area contributed by atoms with Crippen LogP contribution in [-0.2, 0) is 12.8 Å². The molecule has 0 spiro atoms. The molecule has 4 nitrogen and oxygen atoms in total. The predicted molar refractivity (Wildman–Crippen MR) is 101 cm³/mol. The van der Waals surface area contributed by atoms with Gasteiger partial charge < -0.3 is 11.5 Å². The first-order valence-corrected chi connectivity index (χ1v) is 8.34. The van der Waals surface area contributed by atoms with Gasteiger partial charge in [0.25, 0.3) is 0 Å². The van der Waals surface area contributed by atoms with Gasteiger partial charge in [-0.1, -0.05) is 38.1 Å². The maximum absolute atomic E-state index is 6.30. The predicted octanol–water partition coefficient (Wildman–Crippen LogP) is 3.65. The van der Waals surface area contributed by atoms with Gasteiger partial charge in [0, 0.05) is 23.8 Å². The van der Waals surface area contributed by atoms with Crippen molar-refractivity contribution in [3.63, 3.8) is 0 Å². The zero-order valence-corrected chi connectivity index (χ0v) is 14.2. The third kappa shape index (κ3) is 2.95. The van der Waals surface area contributed by atoms with E-state index in [-0.39, 0.29) is 0 Å². The molecule has 1 aliphatic rings. The quantitative estimate of drug-likeness (QED) is 0.903. The Balaban J connectivity index is 1.87. The second kappa shape index (κ2) is 6.71. The Labute approximate surface area is 143 Å². The van der Waals surface area contributed by atoms with E-state index in [0.29, 0.717) is 11.6 Å². The molecule has 1 heterocycles. The Morgan fingerprint density at radius 2 is 0.958 bits per heavy atom. The van der Waals surface area contributed by atoms with Crippen molar-refractivity contribution < 1.29 is 0 Å². The van der Waals surface area contributed by atoms with Gasteiger partial charge in [-0.3, -0.25) is 9.80 Å².